The molecule has 0 bridgehead atoms. The monoisotopic (exact) mass is 250 g/mol. The van der Waals surface area contributed by atoms with E-state index < -0.39 is 0 Å². The maximum Gasteiger partial charge on any atom is 0.211 e. The van der Waals surface area contributed by atoms with Gasteiger partial charge in [0.25, 0.3) is 0 Å². The van der Waals surface area contributed by atoms with Crippen LogP contribution in [0.4, 0.5) is 0 Å². The highest BCUT2D eigenvalue weighted by molar-refractivity contribution is 5.94. The van der Waals surface area contributed by atoms with Crippen LogP contribution in [0.5, 0.6) is 0 Å². The molecule has 0 aliphatic carbocycles. The molecule has 1 unspecified atom stereocenters. The van der Waals surface area contributed by atoms with Crippen LogP contribution in [-0.4, -0.2) is 54.9 Å². The van der Waals surface area contributed by atoms with Crippen molar-refractivity contribution >= 4 is 5.78 Å². The van der Waals surface area contributed by atoms with Gasteiger partial charge in [0.1, 0.15) is 0 Å². The van der Waals surface area contributed by atoms with Crippen molar-refractivity contribution in [1.82, 2.24) is 9.80 Å². The van der Waals surface area contributed by atoms with Crippen LogP contribution in [0.3, 0.4) is 0 Å². The van der Waals surface area contributed by atoms with Gasteiger partial charge in [-0.25, -0.2) is 0 Å². The molecule has 2 heterocycles. The van der Waals surface area contributed by atoms with E-state index >= 15 is 0 Å². The number of carbonyl (C=O) groups excluding carboxylic acids is 1. The van der Waals surface area contributed by atoms with Gasteiger partial charge in [-0.05, 0) is 45.1 Å². The first kappa shape index (κ1) is 13.3. The smallest absolute Gasteiger partial charge is 0.211 e. The summed E-state index contributed by atoms with van der Waals surface area (Å²) in [5.41, 5.74) is 0. The Morgan fingerprint density at radius 2 is 2.44 bits per heavy atom. The lowest BCUT2D eigenvalue weighted by Crippen LogP contribution is -2.40. The number of hydrogen-bond donors (Lipinski definition) is 0. The predicted molar refractivity (Wildman–Crippen MR) is 70.8 cm³/mol. The Morgan fingerprint density at radius 1 is 1.61 bits per heavy atom. The number of carbonyl (C=O) groups is 1. The van der Waals surface area contributed by atoms with E-state index in [9.17, 15) is 4.79 Å². The molecule has 18 heavy (non-hydrogen) atoms. The number of furan rings is 1. The van der Waals surface area contributed by atoms with Gasteiger partial charge in [0.15, 0.2) is 5.76 Å². The second-order valence-electron chi connectivity index (χ2n) is 5.02. The van der Waals surface area contributed by atoms with Crippen LogP contribution in [0.2, 0.25) is 0 Å². The summed E-state index contributed by atoms with van der Waals surface area (Å²) in [4.78, 5) is 16.5. The number of Topliss-reactive ketones (excluding diaryl/α,β-unsaturated/α-hetero) is 1. The molecule has 4 nitrogen and oxygen atoms in total. The molecule has 4 heteroatoms. The minimum Gasteiger partial charge on any atom is -0.461 e. The minimum atomic E-state index is 0.0588. The van der Waals surface area contributed by atoms with Crippen LogP contribution in [0.1, 0.15) is 30.3 Å². The lowest BCUT2D eigenvalue weighted by Gasteiger charge is -2.27. The molecule has 100 valence electrons. The predicted octanol–water partition coefficient (Wildman–Crippen LogP) is 1.88. The van der Waals surface area contributed by atoms with E-state index in [-0.39, 0.29) is 5.78 Å². The molecule has 0 aromatic carbocycles. The van der Waals surface area contributed by atoms with Crippen molar-refractivity contribution in [2.24, 2.45) is 0 Å². The second-order valence-corrected chi connectivity index (χ2v) is 5.02. The quantitative estimate of drug-likeness (QED) is 0.722. The third kappa shape index (κ3) is 3.21. The number of rotatable bonds is 6. The van der Waals surface area contributed by atoms with E-state index in [0.717, 1.165) is 13.1 Å². The average molecular weight is 250 g/mol. The molecule has 1 aromatic rings. The first-order chi connectivity index (χ1) is 8.70. The summed E-state index contributed by atoms with van der Waals surface area (Å²) < 4.78 is 5.12. The van der Waals surface area contributed by atoms with Gasteiger partial charge in [-0.15, -0.1) is 0 Å². The van der Waals surface area contributed by atoms with Gasteiger partial charge in [0, 0.05) is 12.6 Å². The van der Waals surface area contributed by atoms with E-state index in [4.69, 9.17) is 4.42 Å². The normalized spacial score (nSPS) is 20.7. The molecule has 1 atom stereocenters. The van der Waals surface area contributed by atoms with E-state index in [1.54, 1.807) is 18.4 Å². The van der Waals surface area contributed by atoms with Crippen LogP contribution < -0.4 is 0 Å². The summed E-state index contributed by atoms with van der Waals surface area (Å²) in [6.45, 7) is 5.89. The van der Waals surface area contributed by atoms with Gasteiger partial charge in [-0.1, -0.05) is 6.92 Å². The fraction of sp³-hybridized carbons (Fsp3) is 0.643. The molecule has 1 aliphatic rings. The Kier molecular flexibility index (Phi) is 4.55. The molecule has 1 fully saturated rings. The van der Waals surface area contributed by atoms with Crippen molar-refractivity contribution in [3.8, 4) is 0 Å². The standard InChI is InChI=1S/C14H22N2O2/c1-3-16-8-4-6-12(16)10-15(2)11-13(17)14-7-5-9-18-14/h5,7,9,12H,3-4,6,8,10-11H2,1-2H3. The number of hydrogen-bond acceptors (Lipinski definition) is 4. The summed E-state index contributed by atoms with van der Waals surface area (Å²) in [6, 6.07) is 4.08. The fourth-order valence-electron chi connectivity index (χ4n) is 2.70. The number of ketones is 1. The lowest BCUT2D eigenvalue weighted by molar-refractivity contribution is 0.0902. The van der Waals surface area contributed by atoms with Crippen LogP contribution in [0.25, 0.3) is 0 Å². The van der Waals surface area contributed by atoms with Gasteiger partial charge < -0.3 is 4.42 Å². The van der Waals surface area contributed by atoms with Crippen molar-refractivity contribution in [3.63, 3.8) is 0 Å². The topological polar surface area (TPSA) is 36.7 Å². The average Bonchev–Trinajstić information content (AvgIpc) is 2.98. The molecule has 1 aromatic heterocycles. The summed E-state index contributed by atoms with van der Waals surface area (Å²) in [6.07, 6.45) is 4.06. The molecule has 0 N–H and O–H groups in total. The molecule has 0 spiro atoms. The fourth-order valence-corrected chi connectivity index (χ4v) is 2.70. The van der Waals surface area contributed by atoms with Gasteiger partial charge >= 0.3 is 0 Å². The van der Waals surface area contributed by atoms with Crippen molar-refractivity contribution in [1.29, 1.82) is 0 Å². The molecule has 1 saturated heterocycles. The Labute approximate surface area is 109 Å². The van der Waals surface area contributed by atoms with Gasteiger partial charge in [-0.3, -0.25) is 14.6 Å². The number of likely N-dealkylation sites (N-methyl/N-ethyl adjacent to an activating group) is 2. The highest BCUT2D eigenvalue weighted by Gasteiger charge is 2.24. The Morgan fingerprint density at radius 3 is 3.11 bits per heavy atom. The van der Waals surface area contributed by atoms with Crippen molar-refractivity contribution < 1.29 is 9.21 Å². The van der Waals surface area contributed by atoms with Crippen LogP contribution in [0.15, 0.2) is 22.8 Å². The lowest BCUT2D eigenvalue weighted by atomic mass is 10.2. The van der Waals surface area contributed by atoms with Crippen LogP contribution >= 0.6 is 0 Å². The minimum absolute atomic E-state index is 0.0588. The third-order valence-electron chi connectivity index (χ3n) is 3.64. The van der Waals surface area contributed by atoms with Crippen LogP contribution in [0, 0.1) is 0 Å². The molecule has 2 rings (SSSR count). The van der Waals surface area contributed by atoms with Crippen molar-refractivity contribution in [2.75, 3.05) is 33.2 Å². The maximum atomic E-state index is 11.9. The van der Waals surface area contributed by atoms with E-state index in [1.165, 1.54) is 19.4 Å². The van der Waals surface area contributed by atoms with Gasteiger partial charge in [0.05, 0.1) is 12.8 Å². The maximum absolute atomic E-state index is 11.9. The Hall–Kier alpha value is -1.13. The third-order valence-corrected chi connectivity index (χ3v) is 3.64. The largest absolute Gasteiger partial charge is 0.461 e. The highest BCUT2D eigenvalue weighted by atomic mass is 16.3. The molecule has 0 radical (unpaired) electrons. The van der Waals surface area contributed by atoms with Crippen LogP contribution in [-0.2, 0) is 0 Å². The molecule has 0 saturated carbocycles. The summed E-state index contributed by atoms with van der Waals surface area (Å²) in [7, 11) is 2.01. The zero-order chi connectivity index (χ0) is 13.0. The number of likely N-dealkylation sites (tertiary alicyclic amines) is 1. The molecule has 0 amide bonds. The first-order valence-electron chi connectivity index (χ1n) is 6.70. The summed E-state index contributed by atoms with van der Waals surface area (Å²) in [5, 5.41) is 0. The zero-order valence-electron chi connectivity index (χ0n) is 11.3. The van der Waals surface area contributed by atoms with Gasteiger partial charge in [-0.2, -0.15) is 0 Å². The van der Waals surface area contributed by atoms with E-state index in [1.807, 2.05) is 7.05 Å². The number of nitrogens with zero attached hydrogens (tertiary/aromatic N) is 2. The molecular formula is C14H22N2O2. The Bertz CT molecular complexity index is 375. The second kappa shape index (κ2) is 6.16. The van der Waals surface area contributed by atoms with Crippen molar-refractivity contribution in [3.05, 3.63) is 24.2 Å². The molecule has 1 aliphatic heterocycles. The highest BCUT2D eigenvalue weighted by Crippen LogP contribution is 2.17. The SMILES string of the molecule is CCN1CCCC1CN(C)CC(=O)c1ccco1. The summed E-state index contributed by atoms with van der Waals surface area (Å²) in [5.74, 6) is 0.518. The Balaban J connectivity index is 1.81. The summed E-state index contributed by atoms with van der Waals surface area (Å²) >= 11 is 0. The molecular weight excluding hydrogens is 228 g/mol. The first-order valence-corrected chi connectivity index (χ1v) is 6.70. The zero-order valence-corrected chi connectivity index (χ0v) is 11.3. The van der Waals surface area contributed by atoms with E-state index in [0.29, 0.717) is 18.3 Å². The van der Waals surface area contributed by atoms with Crippen molar-refractivity contribution in [2.45, 2.75) is 25.8 Å². The van der Waals surface area contributed by atoms with E-state index in [2.05, 4.69) is 16.7 Å². The van der Waals surface area contributed by atoms with Gasteiger partial charge in [0.2, 0.25) is 5.78 Å².